The zero-order chi connectivity index (χ0) is 0. The molecule has 0 amide bonds. The minimum absolute atomic E-state index is 0. The van der Waals surface area contributed by atoms with Crippen LogP contribution in [-0.2, 0) is 36.5 Å². The Morgan fingerprint density at radius 3 is 0.800 bits per heavy atom. The number of hydrogen-bond donors (Lipinski definition) is 0. The van der Waals surface area contributed by atoms with Gasteiger partial charge in [0.05, 0.1) is 0 Å². The van der Waals surface area contributed by atoms with Crippen molar-refractivity contribution < 1.29 is 36.5 Å². The summed E-state index contributed by atoms with van der Waals surface area (Å²) in [5.41, 5.74) is 0. The third-order valence-electron chi connectivity index (χ3n) is 0. The van der Waals surface area contributed by atoms with Gasteiger partial charge in [0, 0.05) is 84.4 Å². The van der Waals surface area contributed by atoms with E-state index in [0.717, 1.165) is 0 Å². The Hall–Kier alpha value is 3.09. The second kappa shape index (κ2) is 27.5. The maximum atomic E-state index is 0. The summed E-state index contributed by atoms with van der Waals surface area (Å²) in [4.78, 5) is 0. The minimum atomic E-state index is 0. The molecular weight excluding hydrogens is 398 g/mol. The topological polar surface area (TPSA) is 0 Å². The van der Waals surface area contributed by atoms with E-state index in [1.807, 2.05) is 0 Å². The molecule has 5 heteroatoms. The van der Waals surface area contributed by atoms with E-state index >= 15 is 0 Å². The zero-order valence-electron chi connectivity index (χ0n) is 2.51. The summed E-state index contributed by atoms with van der Waals surface area (Å²) < 4.78 is 0. The molecule has 0 atom stereocenters. The van der Waals surface area contributed by atoms with Crippen LogP contribution in [0.15, 0.2) is 0 Å². The molecule has 0 aliphatic carbocycles. The number of hydrogen-bond acceptors (Lipinski definition) is 0. The number of rotatable bonds is 0. The van der Waals surface area contributed by atoms with Crippen LogP contribution < -0.4 is 0 Å². The van der Waals surface area contributed by atoms with Crippen molar-refractivity contribution in [2.75, 3.05) is 0 Å². The Morgan fingerprint density at radius 2 is 0.800 bits per heavy atom. The molecule has 0 spiro atoms. The molecule has 0 aromatic rings. The quantitative estimate of drug-likeness (QED) is 0.474. The maximum Gasteiger partial charge on any atom is 0 e. The van der Waals surface area contributed by atoms with E-state index in [-0.39, 0.29) is 97.9 Å². The Balaban J connectivity index is 0. The molecule has 0 nitrogen and oxygen atoms in total. The molecule has 0 aromatic heterocycles. The summed E-state index contributed by atoms with van der Waals surface area (Å²) in [7, 11) is 0. The van der Waals surface area contributed by atoms with Crippen LogP contribution in [0.2, 0.25) is 0 Å². The first-order chi connectivity index (χ1) is 0. The summed E-state index contributed by atoms with van der Waals surface area (Å²) in [6.07, 6.45) is 0. The van der Waals surface area contributed by atoms with Crippen LogP contribution >= 0.6 is 13.5 Å². The average Bonchev–Trinajstić information content (AvgIpc) is 0. The monoisotopic (exact) mass is 401 g/mol. The molecule has 9 radical (unpaired) electrons. The fraction of sp³-hybridized carbons (Fsp3) is 0. The maximum absolute atomic E-state index is 0. The molecule has 0 heterocycles. The predicted octanol–water partition coefficient (Wildman–Crippen LogP) is -0.654. The van der Waals surface area contributed by atoms with Gasteiger partial charge in [-0.3, -0.25) is 0 Å². The van der Waals surface area contributed by atoms with Gasteiger partial charge >= 0.3 is 0 Å². The molecule has 0 N–H and O–H groups in total. The van der Waals surface area contributed by atoms with Gasteiger partial charge < -0.3 is 0 Å². The van der Waals surface area contributed by atoms with Gasteiger partial charge in [-0.05, 0) is 0 Å². The van der Waals surface area contributed by atoms with Crippen LogP contribution in [0, 0.1) is 0 Å². The Labute approximate surface area is 96.2 Å². The van der Waals surface area contributed by atoms with Crippen LogP contribution in [0.5, 0.6) is 0 Å². The van der Waals surface area contributed by atoms with E-state index in [0.29, 0.717) is 0 Å². The van der Waals surface area contributed by atoms with Crippen molar-refractivity contribution >= 4 is 61.3 Å². The molecule has 0 aromatic carbocycles. The average molecular weight is 400 g/mol. The third-order valence-corrected chi connectivity index (χ3v) is 0. The third kappa shape index (κ3) is 19.2. The van der Waals surface area contributed by atoms with Crippen molar-refractivity contribution in [3.05, 3.63) is 0 Å². The van der Waals surface area contributed by atoms with Crippen molar-refractivity contribution in [3.63, 3.8) is 0 Å². The molecule has 5 heavy (non-hydrogen) atoms. The van der Waals surface area contributed by atoms with Crippen LogP contribution in [0.1, 0.15) is 0 Å². The fourth-order valence-corrected chi connectivity index (χ4v) is 0. The van der Waals surface area contributed by atoms with Crippen LogP contribution in [0.4, 0.5) is 0 Å². The normalized spacial score (nSPS) is 0. The van der Waals surface area contributed by atoms with Crippen LogP contribution in [0.3, 0.4) is 0 Å². The van der Waals surface area contributed by atoms with E-state index in [9.17, 15) is 0 Å². The van der Waals surface area contributed by atoms with Gasteiger partial charge in [0.25, 0.3) is 0 Å². The minimum Gasteiger partial charge on any atom is -0.197 e. The second-order valence-electron chi connectivity index (χ2n) is 0. The summed E-state index contributed by atoms with van der Waals surface area (Å²) in [6, 6.07) is 0. The van der Waals surface area contributed by atoms with Crippen molar-refractivity contribution in [2.45, 2.75) is 0 Å². The van der Waals surface area contributed by atoms with Crippen molar-refractivity contribution in [3.8, 4) is 0 Å². The van der Waals surface area contributed by atoms with E-state index in [1.54, 1.807) is 0 Å². The van der Waals surface area contributed by atoms with E-state index in [4.69, 9.17) is 0 Å². The molecule has 0 rings (SSSR count). The van der Waals surface area contributed by atoms with Crippen LogP contribution in [0.25, 0.3) is 0 Å². The molecular formula is H2CuSSn2Zn. The van der Waals surface area contributed by atoms with Crippen LogP contribution in [-0.4, -0.2) is 47.8 Å². The SMILES string of the molecule is S.[Cu].[Sn].[Sn].[Zn]. The molecule has 0 aliphatic rings. The first-order valence-corrected chi connectivity index (χ1v) is 0. The Morgan fingerprint density at radius 1 is 0.800 bits per heavy atom. The first-order valence-electron chi connectivity index (χ1n) is 0. The van der Waals surface area contributed by atoms with Crippen molar-refractivity contribution in [1.82, 2.24) is 0 Å². The van der Waals surface area contributed by atoms with Gasteiger partial charge in [-0.2, -0.15) is 13.5 Å². The molecule has 0 fully saturated rings. The molecule has 0 aliphatic heterocycles. The van der Waals surface area contributed by atoms with Gasteiger partial charge in [0.1, 0.15) is 0 Å². The smallest absolute Gasteiger partial charge is 0 e. The molecule has 0 unspecified atom stereocenters. The zero-order valence-corrected chi connectivity index (χ0v) is 13.1. The van der Waals surface area contributed by atoms with Gasteiger partial charge in [0.15, 0.2) is 0 Å². The standard InChI is InChI=1S/Cu.H2S.2Sn.Zn/h;1H2;;;. The van der Waals surface area contributed by atoms with Crippen molar-refractivity contribution in [1.29, 1.82) is 0 Å². The van der Waals surface area contributed by atoms with Gasteiger partial charge in [-0.1, -0.05) is 0 Å². The molecule has 0 saturated carbocycles. The molecule has 29 valence electrons. The fourth-order valence-electron chi connectivity index (χ4n) is 0. The predicted molar refractivity (Wildman–Crippen MR) is 21.9 cm³/mol. The largest absolute Gasteiger partial charge is 0.197 e. The summed E-state index contributed by atoms with van der Waals surface area (Å²) >= 11 is 0. The summed E-state index contributed by atoms with van der Waals surface area (Å²) in [6.45, 7) is 0. The summed E-state index contributed by atoms with van der Waals surface area (Å²) in [5, 5.41) is 0. The first kappa shape index (κ1) is 42.6. The van der Waals surface area contributed by atoms with E-state index < -0.39 is 0 Å². The Bertz CT molecular complexity index is 9.61. The molecule has 0 bridgehead atoms. The Kier molecular flexibility index (Phi) is 235. The van der Waals surface area contributed by atoms with Gasteiger partial charge in [-0.15, -0.1) is 0 Å². The summed E-state index contributed by atoms with van der Waals surface area (Å²) in [5.74, 6) is 0. The molecule has 0 saturated heterocycles. The van der Waals surface area contributed by atoms with E-state index in [1.165, 1.54) is 0 Å². The second-order valence-corrected chi connectivity index (χ2v) is 0. The van der Waals surface area contributed by atoms with Gasteiger partial charge in [0.2, 0.25) is 0 Å². The van der Waals surface area contributed by atoms with Crippen molar-refractivity contribution in [2.24, 2.45) is 0 Å². The van der Waals surface area contributed by atoms with Gasteiger partial charge in [-0.25, -0.2) is 0 Å². The van der Waals surface area contributed by atoms with E-state index in [2.05, 4.69) is 0 Å².